The first-order valence-electron chi connectivity index (χ1n) is 10.2. The molecule has 0 unspecified atom stereocenters. The standard InChI is InChI=1S/C15H20N4OS2.2C2HF3O2/c1-11-16-17-15(22-11)19-8-13-7-18(3-4-20-14(13)9-19)6-12-2-5-21-10-12;2*3-2(4,5)1(6)7/h2,5,10,13-14H,3-4,6-9H2,1H3;2*(H,6,7)/t13-,14+;;/m0../s1. The number of carboxylic acid groups (broad SMARTS) is 2. The van der Waals surface area contributed by atoms with E-state index in [-0.39, 0.29) is 0 Å². The smallest absolute Gasteiger partial charge is 0.475 e. The summed E-state index contributed by atoms with van der Waals surface area (Å²) in [6, 6.07) is 2.22. The molecule has 9 nitrogen and oxygen atoms in total. The molecule has 0 radical (unpaired) electrons. The van der Waals surface area contributed by atoms with Crippen LogP contribution in [0.2, 0.25) is 0 Å². The van der Waals surface area contributed by atoms with Gasteiger partial charge in [-0.15, -0.1) is 10.2 Å². The van der Waals surface area contributed by atoms with E-state index in [9.17, 15) is 26.3 Å². The maximum atomic E-state index is 10.6. The summed E-state index contributed by atoms with van der Waals surface area (Å²) >= 11 is 3.45. The van der Waals surface area contributed by atoms with Crippen LogP contribution in [0, 0.1) is 12.8 Å². The number of rotatable bonds is 3. The van der Waals surface area contributed by atoms with Crippen molar-refractivity contribution in [2.75, 3.05) is 37.7 Å². The Kier molecular flexibility index (Phi) is 10.4. The van der Waals surface area contributed by atoms with Gasteiger partial charge in [0.25, 0.3) is 0 Å². The van der Waals surface area contributed by atoms with Crippen LogP contribution in [0.1, 0.15) is 10.6 Å². The van der Waals surface area contributed by atoms with Crippen LogP contribution in [0.3, 0.4) is 0 Å². The van der Waals surface area contributed by atoms with E-state index in [1.807, 2.05) is 6.92 Å². The van der Waals surface area contributed by atoms with Crippen LogP contribution in [0.15, 0.2) is 16.8 Å². The molecule has 2 N–H and O–H groups in total. The third-order valence-corrected chi connectivity index (χ3v) is 6.50. The molecular formula is C19H22F6N4O5S2. The highest BCUT2D eigenvalue weighted by Gasteiger charge is 2.39. The number of nitrogens with zero attached hydrogens (tertiary/aromatic N) is 4. The van der Waals surface area contributed by atoms with Crippen molar-refractivity contribution in [1.82, 2.24) is 15.1 Å². The highest BCUT2D eigenvalue weighted by Crippen LogP contribution is 2.30. The van der Waals surface area contributed by atoms with E-state index in [4.69, 9.17) is 24.5 Å². The summed E-state index contributed by atoms with van der Waals surface area (Å²) in [6.45, 7) is 7.98. The van der Waals surface area contributed by atoms with E-state index < -0.39 is 24.3 Å². The summed E-state index contributed by atoms with van der Waals surface area (Å²) in [5, 5.41) is 29.1. The van der Waals surface area contributed by atoms with Gasteiger partial charge in [0.05, 0.1) is 12.7 Å². The first kappa shape index (κ1) is 29.7. The molecule has 17 heteroatoms. The van der Waals surface area contributed by atoms with E-state index in [2.05, 4.69) is 36.8 Å². The van der Waals surface area contributed by atoms with Gasteiger partial charge in [-0.2, -0.15) is 37.7 Å². The molecule has 0 aliphatic carbocycles. The van der Waals surface area contributed by atoms with Gasteiger partial charge in [-0.1, -0.05) is 11.3 Å². The molecule has 0 saturated carbocycles. The Bertz CT molecular complexity index is 962. The van der Waals surface area contributed by atoms with Crippen LogP contribution in [0.5, 0.6) is 0 Å². The Morgan fingerprint density at radius 3 is 2.17 bits per heavy atom. The topological polar surface area (TPSA) is 116 Å². The average molecular weight is 565 g/mol. The van der Waals surface area contributed by atoms with Gasteiger partial charge in [0.2, 0.25) is 5.13 Å². The average Bonchev–Trinajstić information content (AvgIpc) is 3.48. The van der Waals surface area contributed by atoms with Crippen molar-refractivity contribution in [1.29, 1.82) is 0 Å². The largest absolute Gasteiger partial charge is 0.490 e. The number of hydrogen-bond acceptors (Lipinski definition) is 9. The van der Waals surface area contributed by atoms with Gasteiger partial charge in [0, 0.05) is 38.6 Å². The minimum atomic E-state index is -5.08. The zero-order valence-electron chi connectivity index (χ0n) is 18.6. The Hall–Kier alpha value is -2.50. The summed E-state index contributed by atoms with van der Waals surface area (Å²) in [6.07, 6.45) is -9.84. The van der Waals surface area contributed by atoms with E-state index in [0.29, 0.717) is 12.0 Å². The SMILES string of the molecule is Cc1nnc(N2C[C@@H]3CN(Cc4ccsc4)CCO[C@@H]3C2)s1.O=C(O)C(F)(F)F.O=C(O)C(F)(F)F. The zero-order chi connectivity index (χ0) is 27.1. The number of fused-ring (bicyclic) bond motifs is 1. The number of carbonyl (C=O) groups is 2. The minimum Gasteiger partial charge on any atom is -0.475 e. The molecule has 0 spiro atoms. The van der Waals surface area contributed by atoms with Gasteiger partial charge >= 0.3 is 24.3 Å². The number of aromatic nitrogens is 2. The summed E-state index contributed by atoms with van der Waals surface area (Å²) < 4.78 is 69.6. The maximum Gasteiger partial charge on any atom is 0.490 e. The number of alkyl halides is 6. The van der Waals surface area contributed by atoms with Crippen molar-refractivity contribution in [3.8, 4) is 0 Å². The number of thiophene rings is 1. The molecule has 0 aromatic carbocycles. The zero-order valence-corrected chi connectivity index (χ0v) is 20.3. The van der Waals surface area contributed by atoms with Crippen molar-refractivity contribution in [2.45, 2.75) is 31.9 Å². The van der Waals surface area contributed by atoms with E-state index in [0.717, 1.165) is 49.5 Å². The molecule has 2 saturated heterocycles. The molecule has 2 atom stereocenters. The molecule has 2 aliphatic heterocycles. The normalized spacial score (nSPS) is 20.4. The van der Waals surface area contributed by atoms with E-state index in [1.165, 1.54) is 5.56 Å². The fourth-order valence-corrected chi connectivity index (χ4v) is 4.68. The lowest BCUT2D eigenvalue weighted by molar-refractivity contribution is -0.193. The molecular weight excluding hydrogens is 542 g/mol. The number of ether oxygens (including phenoxy) is 1. The van der Waals surface area contributed by atoms with E-state index >= 15 is 0 Å². The summed E-state index contributed by atoms with van der Waals surface area (Å²) in [7, 11) is 0. The van der Waals surface area contributed by atoms with Crippen LogP contribution in [-0.2, 0) is 20.9 Å². The molecule has 4 rings (SSSR count). The molecule has 0 amide bonds. The molecule has 202 valence electrons. The van der Waals surface area contributed by atoms with Crippen molar-refractivity contribution in [2.24, 2.45) is 5.92 Å². The van der Waals surface area contributed by atoms with Gasteiger partial charge in [-0.25, -0.2) is 9.59 Å². The second kappa shape index (κ2) is 12.6. The number of halogens is 6. The first-order valence-corrected chi connectivity index (χ1v) is 11.9. The number of aryl methyl sites for hydroxylation is 1. The maximum absolute atomic E-state index is 10.6. The monoisotopic (exact) mass is 564 g/mol. The van der Waals surface area contributed by atoms with Crippen LogP contribution < -0.4 is 4.90 Å². The molecule has 2 fully saturated rings. The molecule has 4 heterocycles. The predicted octanol–water partition coefficient (Wildman–Crippen LogP) is 3.51. The number of carboxylic acids is 2. The Morgan fingerprint density at radius 1 is 1.08 bits per heavy atom. The van der Waals surface area contributed by atoms with Crippen molar-refractivity contribution in [3.05, 3.63) is 27.4 Å². The van der Waals surface area contributed by atoms with Gasteiger partial charge in [-0.05, 0) is 29.3 Å². The lowest BCUT2D eigenvalue weighted by Crippen LogP contribution is -2.32. The fraction of sp³-hybridized carbons (Fsp3) is 0.579. The predicted molar refractivity (Wildman–Crippen MR) is 117 cm³/mol. The van der Waals surface area contributed by atoms with Gasteiger partial charge < -0.3 is 19.8 Å². The van der Waals surface area contributed by atoms with Gasteiger partial charge in [0.1, 0.15) is 5.01 Å². The second-order valence-electron chi connectivity index (χ2n) is 7.65. The van der Waals surface area contributed by atoms with Crippen molar-refractivity contribution >= 4 is 39.7 Å². The lowest BCUT2D eigenvalue weighted by Gasteiger charge is -2.22. The number of hydrogen-bond donors (Lipinski definition) is 2. The van der Waals surface area contributed by atoms with Crippen LogP contribution >= 0.6 is 22.7 Å². The summed E-state index contributed by atoms with van der Waals surface area (Å²) in [5.74, 6) is -4.95. The first-order chi connectivity index (χ1) is 16.7. The Balaban J connectivity index is 0.000000271. The summed E-state index contributed by atoms with van der Waals surface area (Å²) in [4.78, 5) is 22.7. The lowest BCUT2D eigenvalue weighted by atomic mass is 10.1. The van der Waals surface area contributed by atoms with Crippen LogP contribution in [-0.4, -0.2) is 88.5 Å². The molecule has 2 aromatic heterocycles. The van der Waals surface area contributed by atoms with E-state index in [1.54, 1.807) is 22.7 Å². The van der Waals surface area contributed by atoms with Crippen LogP contribution in [0.25, 0.3) is 0 Å². The van der Waals surface area contributed by atoms with Crippen LogP contribution in [0.4, 0.5) is 31.5 Å². The van der Waals surface area contributed by atoms with Gasteiger partial charge in [-0.3, -0.25) is 4.90 Å². The number of aliphatic carboxylic acids is 2. The molecule has 2 aromatic rings. The third kappa shape index (κ3) is 9.51. The van der Waals surface area contributed by atoms with Crippen molar-refractivity contribution in [3.63, 3.8) is 0 Å². The third-order valence-electron chi connectivity index (χ3n) is 4.87. The fourth-order valence-electron chi connectivity index (χ4n) is 3.32. The van der Waals surface area contributed by atoms with Crippen molar-refractivity contribution < 1.29 is 50.9 Å². The second-order valence-corrected chi connectivity index (χ2v) is 9.59. The quantitative estimate of drug-likeness (QED) is 0.541. The Morgan fingerprint density at radius 2 is 1.69 bits per heavy atom. The molecule has 2 aliphatic rings. The minimum absolute atomic E-state index is 0.330. The molecule has 36 heavy (non-hydrogen) atoms. The highest BCUT2D eigenvalue weighted by atomic mass is 32.1. The number of anilines is 1. The Labute approximate surface area is 208 Å². The van der Waals surface area contributed by atoms with Gasteiger partial charge in [0.15, 0.2) is 0 Å². The summed E-state index contributed by atoms with van der Waals surface area (Å²) in [5.41, 5.74) is 1.41. The highest BCUT2D eigenvalue weighted by molar-refractivity contribution is 7.15. The molecule has 0 bridgehead atoms.